The molecule has 1 aromatic carbocycles. The van der Waals surface area contributed by atoms with Crippen LogP contribution in [0, 0.1) is 0 Å². The second-order valence-electron chi connectivity index (χ2n) is 5.18. The van der Waals surface area contributed by atoms with Crippen LogP contribution >= 0.6 is 11.8 Å². The summed E-state index contributed by atoms with van der Waals surface area (Å²) >= 11 is 2.05. The highest BCUT2D eigenvalue weighted by atomic mass is 32.2. The number of ether oxygens (including phenoxy) is 1. The molecule has 2 heterocycles. The first-order valence-electron chi connectivity index (χ1n) is 7.44. The molecular formula is C16H21N3OS. The van der Waals surface area contributed by atoms with Gasteiger partial charge in [-0.15, -0.1) is 0 Å². The second-order valence-corrected chi connectivity index (χ2v) is 6.40. The second kappa shape index (κ2) is 7.41. The van der Waals surface area contributed by atoms with Gasteiger partial charge in [0.25, 0.3) is 0 Å². The number of nitrogens with zero attached hydrogens (tertiary/aromatic N) is 2. The quantitative estimate of drug-likeness (QED) is 0.889. The molecule has 1 aliphatic rings. The maximum Gasteiger partial charge on any atom is 0.142 e. The van der Waals surface area contributed by atoms with Gasteiger partial charge in [0.2, 0.25) is 0 Å². The third-order valence-electron chi connectivity index (χ3n) is 3.63. The summed E-state index contributed by atoms with van der Waals surface area (Å²) in [7, 11) is 0. The van der Waals surface area contributed by atoms with Gasteiger partial charge in [-0.05, 0) is 36.5 Å². The summed E-state index contributed by atoms with van der Waals surface area (Å²) < 4.78 is 7.96. The van der Waals surface area contributed by atoms with Crippen LogP contribution in [0.5, 0.6) is 5.75 Å². The standard InChI is InChI=1S/C16H21N3OS/c1-2-4-16(20-10-9-19-8-7-17-13-19)15(3-1)18-14-5-11-21-12-6-14/h1-4,7-8,13-14,18H,5-6,9-12H2. The Morgan fingerprint density at radius 2 is 2.14 bits per heavy atom. The normalized spacial score (nSPS) is 15.8. The number of aromatic nitrogens is 2. The molecule has 0 bridgehead atoms. The summed E-state index contributed by atoms with van der Waals surface area (Å²) in [6.45, 7) is 1.46. The molecule has 0 amide bonds. The van der Waals surface area contributed by atoms with Gasteiger partial charge in [0, 0.05) is 18.4 Å². The molecule has 0 unspecified atom stereocenters. The number of nitrogens with one attached hydrogen (secondary N) is 1. The van der Waals surface area contributed by atoms with Gasteiger partial charge in [0.15, 0.2) is 0 Å². The van der Waals surface area contributed by atoms with E-state index in [1.165, 1.54) is 24.3 Å². The number of anilines is 1. The van der Waals surface area contributed by atoms with Crippen LogP contribution in [0.2, 0.25) is 0 Å². The number of para-hydroxylation sites is 2. The van der Waals surface area contributed by atoms with Gasteiger partial charge in [0.05, 0.1) is 18.6 Å². The van der Waals surface area contributed by atoms with E-state index in [1.807, 2.05) is 41.0 Å². The fourth-order valence-electron chi connectivity index (χ4n) is 2.45. The SMILES string of the molecule is c1ccc(OCCn2ccnc2)c(NC2CCSCC2)c1. The van der Waals surface area contributed by atoms with Crippen LogP contribution in [-0.4, -0.2) is 33.7 Å². The molecule has 1 saturated heterocycles. The number of thioether (sulfide) groups is 1. The molecule has 1 fully saturated rings. The van der Waals surface area contributed by atoms with Gasteiger partial charge in [-0.2, -0.15) is 11.8 Å². The van der Waals surface area contributed by atoms with Crippen molar-refractivity contribution in [2.75, 3.05) is 23.4 Å². The van der Waals surface area contributed by atoms with Crippen molar-refractivity contribution in [3.8, 4) is 5.75 Å². The van der Waals surface area contributed by atoms with Crippen molar-refractivity contribution in [3.63, 3.8) is 0 Å². The van der Waals surface area contributed by atoms with Gasteiger partial charge < -0.3 is 14.6 Å². The summed E-state index contributed by atoms with van der Waals surface area (Å²) in [6, 6.07) is 8.80. The van der Waals surface area contributed by atoms with Gasteiger partial charge in [0.1, 0.15) is 12.4 Å². The average Bonchev–Trinajstić information content (AvgIpc) is 3.03. The molecule has 112 valence electrons. The van der Waals surface area contributed by atoms with Crippen molar-refractivity contribution in [2.24, 2.45) is 0 Å². The lowest BCUT2D eigenvalue weighted by Gasteiger charge is -2.24. The van der Waals surface area contributed by atoms with Gasteiger partial charge >= 0.3 is 0 Å². The third kappa shape index (κ3) is 4.17. The van der Waals surface area contributed by atoms with Gasteiger partial charge in [-0.3, -0.25) is 0 Å². The largest absolute Gasteiger partial charge is 0.490 e. The van der Waals surface area contributed by atoms with Crippen LogP contribution in [0.4, 0.5) is 5.69 Å². The zero-order valence-electron chi connectivity index (χ0n) is 12.1. The minimum Gasteiger partial charge on any atom is -0.490 e. The van der Waals surface area contributed by atoms with E-state index in [4.69, 9.17) is 4.74 Å². The van der Waals surface area contributed by atoms with E-state index in [2.05, 4.69) is 22.4 Å². The summed E-state index contributed by atoms with van der Waals surface area (Å²) in [5.74, 6) is 3.44. The monoisotopic (exact) mass is 303 g/mol. The summed E-state index contributed by atoms with van der Waals surface area (Å²) in [5, 5.41) is 3.64. The molecule has 0 saturated carbocycles. The van der Waals surface area contributed by atoms with Crippen molar-refractivity contribution in [3.05, 3.63) is 43.0 Å². The number of hydrogen-bond acceptors (Lipinski definition) is 4. The first kappa shape index (κ1) is 14.3. The topological polar surface area (TPSA) is 39.1 Å². The van der Waals surface area contributed by atoms with Gasteiger partial charge in [-0.1, -0.05) is 12.1 Å². The first-order valence-corrected chi connectivity index (χ1v) is 8.59. The Bertz CT molecular complexity index is 538. The number of rotatable bonds is 6. The Hall–Kier alpha value is -1.62. The van der Waals surface area contributed by atoms with Crippen LogP contribution in [0.15, 0.2) is 43.0 Å². The number of benzene rings is 1. The predicted molar refractivity (Wildman–Crippen MR) is 88.1 cm³/mol. The molecule has 4 nitrogen and oxygen atoms in total. The van der Waals surface area contributed by atoms with Crippen molar-refractivity contribution < 1.29 is 4.74 Å². The van der Waals surface area contributed by atoms with Crippen LogP contribution in [-0.2, 0) is 6.54 Å². The molecule has 0 atom stereocenters. The lowest BCUT2D eigenvalue weighted by molar-refractivity contribution is 0.299. The smallest absolute Gasteiger partial charge is 0.142 e. The lowest BCUT2D eigenvalue weighted by atomic mass is 10.1. The molecule has 21 heavy (non-hydrogen) atoms. The summed E-state index contributed by atoms with van der Waals surface area (Å²) in [5.41, 5.74) is 1.11. The van der Waals surface area contributed by atoms with E-state index >= 15 is 0 Å². The highest BCUT2D eigenvalue weighted by molar-refractivity contribution is 7.99. The molecule has 2 aromatic rings. The highest BCUT2D eigenvalue weighted by Crippen LogP contribution is 2.27. The van der Waals surface area contributed by atoms with Crippen molar-refractivity contribution in [2.45, 2.75) is 25.4 Å². The van der Waals surface area contributed by atoms with Gasteiger partial charge in [-0.25, -0.2) is 4.98 Å². The average molecular weight is 303 g/mol. The van der Waals surface area contributed by atoms with E-state index < -0.39 is 0 Å². The maximum atomic E-state index is 5.94. The zero-order chi connectivity index (χ0) is 14.3. The van der Waals surface area contributed by atoms with Crippen molar-refractivity contribution in [1.82, 2.24) is 9.55 Å². The Morgan fingerprint density at radius 1 is 1.29 bits per heavy atom. The Morgan fingerprint density at radius 3 is 2.95 bits per heavy atom. The molecule has 0 aliphatic carbocycles. The fraction of sp³-hybridized carbons (Fsp3) is 0.438. The zero-order valence-corrected chi connectivity index (χ0v) is 12.9. The number of imidazole rings is 1. The molecule has 3 rings (SSSR count). The van der Waals surface area contributed by atoms with Crippen molar-refractivity contribution in [1.29, 1.82) is 0 Å². The van der Waals surface area contributed by atoms with E-state index in [-0.39, 0.29) is 0 Å². The summed E-state index contributed by atoms with van der Waals surface area (Å²) in [4.78, 5) is 4.04. The minimum atomic E-state index is 0.574. The van der Waals surface area contributed by atoms with Crippen molar-refractivity contribution >= 4 is 17.4 Å². The predicted octanol–water partition coefficient (Wildman–Crippen LogP) is 3.27. The maximum absolute atomic E-state index is 5.94. The Kier molecular flexibility index (Phi) is 5.05. The molecular weight excluding hydrogens is 282 g/mol. The summed E-state index contributed by atoms with van der Waals surface area (Å²) in [6.07, 6.45) is 8.01. The molecule has 5 heteroatoms. The fourth-order valence-corrected chi connectivity index (χ4v) is 3.56. The van der Waals surface area contributed by atoms with Crippen LogP contribution < -0.4 is 10.1 Å². The minimum absolute atomic E-state index is 0.574. The van der Waals surface area contributed by atoms with E-state index in [1.54, 1.807) is 6.20 Å². The molecule has 1 aliphatic heterocycles. The third-order valence-corrected chi connectivity index (χ3v) is 4.68. The number of hydrogen-bond donors (Lipinski definition) is 1. The van der Waals surface area contributed by atoms with E-state index in [0.29, 0.717) is 12.6 Å². The van der Waals surface area contributed by atoms with Crippen LogP contribution in [0.3, 0.4) is 0 Å². The Balaban J connectivity index is 1.56. The first-order chi connectivity index (χ1) is 10.4. The molecule has 0 spiro atoms. The lowest BCUT2D eigenvalue weighted by Crippen LogP contribution is -2.24. The van der Waals surface area contributed by atoms with E-state index in [0.717, 1.165) is 18.0 Å². The highest BCUT2D eigenvalue weighted by Gasteiger charge is 2.14. The van der Waals surface area contributed by atoms with Crippen LogP contribution in [0.25, 0.3) is 0 Å². The van der Waals surface area contributed by atoms with Crippen LogP contribution in [0.1, 0.15) is 12.8 Å². The molecule has 1 aromatic heterocycles. The molecule has 1 N–H and O–H groups in total. The van der Waals surface area contributed by atoms with E-state index in [9.17, 15) is 0 Å². The molecule has 0 radical (unpaired) electrons. The Labute approximate surface area is 129 Å².